The van der Waals surface area contributed by atoms with E-state index in [2.05, 4.69) is 0 Å². The summed E-state index contributed by atoms with van der Waals surface area (Å²) in [5.41, 5.74) is 5.09. The van der Waals surface area contributed by atoms with Crippen LogP contribution < -0.4 is 5.73 Å². The van der Waals surface area contributed by atoms with E-state index in [4.69, 9.17) is 5.73 Å². The molecule has 1 aromatic carbocycles. The molecule has 1 aliphatic carbocycles. The topological polar surface area (TPSA) is 26.0 Å². The number of hydrogen-bond donors (Lipinski definition) is 1. The second kappa shape index (κ2) is 5.45. The molecule has 1 atom stereocenters. The summed E-state index contributed by atoms with van der Waals surface area (Å²) in [4.78, 5) is 0. The van der Waals surface area contributed by atoms with Crippen molar-refractivity contribution < 1.29 is 17.6 Å². The molecule has 0 heterocycles. The second-order valence-corrected chi connectivity index (χ2v) is 4.45. The third-order valence-electron chi connectivity index (χ3n) is 3.34. The molecule has 102 valence electrons. The van der Waals surface area contributed by atoms with Crippen LogP contribution in [-0.4, -0.2) is 0 Å². The summed E-state index contributed by atoms with van der Waals surface area (Å²) in [5.74, 6) is -0.976. The van der Waals surface area contributed by atoms with Crippen LogP contribution in [0.4, 0.5) is 17.6 Å². The van der Waals surface area contributed by atoms with Crippen LogP contribution in [0.1, 0.15) is 36.4 Å². The molecule has 1 aromatic rings. The Morgan fingerprint density at radius 1 is 1.22 bits per heavy atom. The zero-order chi connectivity index (χ0) is 12.6. The van der Waals surface area contributed by atoms with Gasteiger partial charge in [0.1, 0.15) is 5.82 Å². The minimum absolute atomic E-state index is 0. The Morgan fingerprint density at radius 2 is 1.83 bits per heavy atom. The zero-order valence-corrected chi connectivity index (χ0v) is 10.3. The van der Waals surface area contributed by atoms with Crippen LogP contribution in [-0.2, 0) is 6.18 Å². The molecule has 18 heavy (non-hydrogen) atoms. The van der Waals surface area contributed by atoms with Gasteiger partial charge >= 0.3 is 6.18 Å². The lowest BCUT2D eigenvalue weighted by atomic mass is 9.77. The Kier molecular flexibility index (Phi) is 4.61. The highest BCUT2D eigenvalue weighted by Gasteiger charge is 2.34. The number of nitrogens with two attached hydrogens (primary N) is 1. The average molecular weight is 284 g/mol. The molecule has 0 spiro atoms. The fraction of sp³-hybridized carbons (Fsp3) is 0.500. The van der Waals surface area contributed by atoms with Crippen LogP contribution in [0, 0.1) is 11.7 Å². The van der Waals surface area contributed by atoms with Crippen LogP contribution in [0.15, 0.2) is 18.2 Å². The Bertz CT molecular complexity index is 415. The summed E-state index contributed by atoms with van der Waals surface area (Å²) in [5, 5.41) is 0. The highest BCUT2D eigenvalue weighted by atomic mass is 35.5. The van der Waals surface area contributed by atoms with Crippen molar-refractivity contribution in [2.75, 3.05) is 0 Å². The monoisotopic (exact) mass is 283 g/mol. The maximum Gasteiger partial charge on any atom is 0.419 e. The van der Waals surface area contributed by atoms with Gasteiger partial charge in [-0.3, -0.25) is 0 Å². The normalized spacial score (nSPS) is 17.8. The Balaban J connectivity index is 0.00000162. The minimum atomic E-state index is -4.65. The van der Waals surface area contributed by atoms with E-state index < -0.39 is 17.6 Å². The molecule has 2 N–H and O–H groups in total. The van der Waals surface area contributed by atoms with Gasteiger partial charge in [0.2, 0.25) is 0 Å². The van der Waals surface area contributed by atoms with E-state index in [1.807, 2.05) is 0 Å². The Morgan fingerprint density at radius 3 is 2.22 bits per heavy atom. The molecule has 6 heteroatoms. The van der Waals surface area contributed by atoms with Gasteiger partial charge in [-0.25, -0.2) is 4.39 Å². The number of hydrogen-bond acceptors (Lipinski definition) is 1. The number of rotatable bonds is 2. The zero-order valence-electron chi connectivity index (χ0n) is 9.51. The first kappa shape index (κ1) is 15.2. The summed E-state index contributed by atoms with van der Waals surface area (Å²) in [6.07, 6.45) is -1.64. The van der Waals surface area contributed by atoms with Crippen molar-refractivity contribution in [1.29, 1.82) is 0 Å². The number of halogens is 5. The van der Waals surface area contributed by atoms with Gasteiger partial charge in [0.25, 0.3) is 0 Å². The number of benzene rings is 1. The third kappa shape index (κ3) is 2.95. The van der Waals surface area contributed by atoms with E-state index in [1.165, 1.54) is 6.07 Å². The molecule has 1 nitrogen and oxygen atoms in total. The third-order valence-corrected chi connectivity index (χ3v) is 3.34. The van der Waals surface area contributed by atoms with Crippen molar-refractivity contribution in [3.63, 3.8) is 0 Å². The van der Waals surface area contributed by atoms with E-state index in [0.29, 0.717) is 5.56 Å². The van der Waals surface area contributed by atoms with Crippen molar-refractivity contribution in [2.24, 2.45) is 11.7 Å². The predicted octanol–water partition coefficient (Wildman–Crippen LogP) is 4.07. The molecular weight excluding hydrogens is 270 g/mol. The smallest absolute Gasteiger partial charge is 0.324 e. The summed E-state index contributed by atoms with van der Waals surface area (Å²) in [7, 11) is 0. The van der Waals surface area contributed by atoms with Gasteiger partial charge < -0.3 is 5.73 Å². The summed E-state index contributed by atoms with van der Waals surface area (Å²) >= 11 is 0. The molecule has 1 saturated carbocycles. The molecule has 0 radical (unpaired) electrons. The first-order valence-corrected chi connectivity index (χ1v) is 5.52. The molecule has 0 bridgehead atoms. The van der Waals surface area contributed by atoms with Crippen LogP contribution >= 0.6 is 12.4 Å². The Hall–Kier alpha value is -0.810. The van der Waals surface area contributed by atoms with Crippen LogP contribution in [0.3, 0.4) is 0 Å². The predicted molar refractivity (Wildman–Crippen MR) is 62.9 cm³/mol. The van der Waals surface area contributed by atoms with Crippen LogP contribution in [0.5, 0.6) is 0 Å². The van der Waals surface area contributed by atoms with Crippen molar-refractivity contribution >= 4 is 12.4 Å². The van der Waals surface area contributed by atoms with Crippen molar-refractivity contribution in [1.82, 2.24) is 0 Å². The minimum Gasteiger partial charge on any atom is -0.324 e. The van der Waals surface area contributed by atoms with E-state index in [9.17, 15) is 17.6 Å². The summed E-state index contributed by atoms with van der Waals surface area (Å²) in [6, 6.07) is 2.59. The van der Waals surface area contributed by atoms with Gasteiger partial charge in [-0.2, -0.15) is 13.2 Å². The fourth-order valence-corrected chi connectivity index (χ4v) is 2.04. The lowest BCUT2D eigenvalue weighted by Gasteiger charge is -2.31. The molecule has 0 amide bonds. The van der Waals surface area contributed by atoms with Gasteiger partial charge in [-0.05, 0) is 36.5 Å². The van der Waals surface area contributed by atoms with E-state index in [1.54, 1.807) is 0 Å². The largest absolute Gasteiger partial charge is 0.419 e. The van der Waals surface area contributed by atoms with Gasteiger partial charge in [0.05, 0.1) is 5.56 Å². The molecule has 0 aliphatic heterocycles. The maximum absolute atomic E-state index is 13.3. The van der Waals surface area contributed by atoms with E-state index in [-0.39, 0.29) is 24.4 Å². The average Bonchev–Trinajstić information content (AvgIpc) is 2.12. The molecule has 0 unspecified atom stereocenters. The fourth-order valence-electron chi connectivity index (χ4n) is 2.04. The van der Waals surface area contributed by atoms with Crippen molar-refractivity contribution in [3.05, 3.63) is 35.1 Å². The standard InChI is InChI=1S/C12H13F4N.ClH/c13-10-6-8(11(17)7-2-1-3-7)4-5-9(10)12(14,15)16;/h4-7,11H,1-3,17H2;1H/t11-;/m1./s1. The van der Waals surface area contributed by atoms with Gasteiger partial charge in [-0.15, -0.1) is 12.4 Å². The molecular formula is C12H14ClF4N. The quantitative estimate of drug-likeness (QED) is 0.814. The highest BCUT2D eigenvalue weighted by Crippen LogP contribution is 2.38. The highest BCUT2D eigenvalue weighted by molar-refractivity contribution is 5.85. The Labute approximate surface area is 109 Å². The maximum atomic E-state index is 13.3. The van der Waals surface area contributed by atoms with Gasteiger partial charge in [-0.1, -0.05) is 12.5 Å². The molecule has 1 fully saturated rings. The van der Waals surface area contributed by atoms with Crippen molar-refractivity contribution in [3.8, 4) is 0 Å². The molecule has 0 saturated heterocycles. The van der Waals surface area contributed by atoms with Crippen LogP contribution in [0.25, 0.3) is 0 Å². The number of alkyl halides is 3. The lowest BCUT2D eigenvalue weighted by molar-refractivity contribution is -0.140. The molecule has 2 rings (SSSR count). The lowest BCUT2D eigenvalue weighted by Crippen LogP contribution is -2.27. The molecule has 0 aromatic heterocycles. The first-order chi connectivity index (χ1) is 7.89. The van der Waals surface area contributed by atoms with Gasteiger partial charge in [0, 0.05) is 6.04 Å². The summed E-state index contributed by atoms with van der Waals surface area (Å²) in [6.45, 7) is 0. The van der Waals surface area contributed by atoms with Crippen LogP contribution in [0.2, 0.25) is 0 Å². The van der Waals surface area contributed by atoms with E-state index >= 15 is 0 Å². The first-order valence-electron chi connectivity index (χ1n) is 5.52. The van der Waals surface area contributed by atoms with Crippen molar-refractivity contribution in [2.45, 2.75) is 31.5 Å². The summed E-state index contributed by atoms with van der Waals surface area (Å²) < 4.78 is 50.4. The van der Waals surface area contributed by atoms with E-state index in [0.717, 1.165) is 31.4 Å². The SMILES string of the molecule is Cl.N[C@@H](c1ccc(C(F)(F)F)c(F)c1)C1CCC1. The molecule has 1 aliphatic rings. The second-order valence-electron chi connectivity index (χ2n) is 4.45. The van der Waals surface area contributed by atoms with Gasteiger partial charge in [0.15, 0.2) is 0 Å².